The Morgan fingerprint density at radius 2 is 2.08 bits per heavy atom. The van der Waals surface area contributed by atoms with Crippen molar-refractivity contribution in [1.29, 1.82) is 0 Å². The summed E-state index contributed by atoms with van der Waals surface area (Å²) in [6, 6.07) is 0. The Labute approximate surface area is 80.2 Å². The molecule has 0 N–H and O–H groups in total. The van der Waals surface area contributed by atoms with E-state index in [1.165, 1.54) is 25.7 Å². The normalized spacial score (nSPS) is 26.2. The van der Waals surface area contributed by atoms with Crippen LogP contribution in [0.5, 0.6) is 0 Å². The van der Waals surface area contributed by atoms with Crippen LogP contribution in [0.25, 0.3) is 0 Å². The van der Waals surface area contributed by atoms with E-state index in [2.05, 4.69) is 6.92 Å². The molecule has 0 aromatic carbocycles. The van der Waals surface area contributed by atoms with Gasteiger partial charge in [0.05, 0.1) is 5.83 Å². The lowest BCUT2D eigenvalue weighted by Crippen LogP contribution is -1.94. The van der Waals surface area contributed by atoms with Crippen molar-refractivity contribution in [3.05, 3.63) is 11.9 Å². The number of halogens is 1. The van der Waals surface area contributed by atoms with Crippen LogP contribution < -0.4 is 0 Å². The molecule has 0 spiro atoms. The second-order valence-electron chi connectivity index (χ2n) is 4.85. The highest BCUT2D eigenvalue weighted by Gasteiger charge is 2.27. The molecule has 0 saturated heterocycles. The minimum absolute atomic E-state index is 0.148. The van der Waals surface area contributed by atoms with Gasteiger partial charge in [-0.2, -0.15) is 0 Å². The number of hydrogen-bond donors (Lipinski definition) is 0. The molecule has 0 aromatic heterocycles. The molecule has 0 unspecified atom stereocenters. The maximum Gasteiger partial charge on any atom is 0.0962 e. The van der Waals surface area contributed by atoms with Gasteiger partial charge in [0.25, 0.3) is 0 Å². The van der Waals surface area contributed by atoms with E-state index in [9.17, 15) is 4.39 Å². The number of allylic oxidation sites excluding steroid dienone is 2. The number of rotatable bonds is 5. The average molecular weight is 182 g/mol. The minimum Gasteiger partial charge on any atom is -0.212 e. The van der Waals surface area contributed by atoms with Crippen molar-refractivity contribution >= 4 is 0 Å². The molecule has 0 aromatic rings. The molecule has 1 atom stereocenters. The predicted octanol–water partition coefficient (Wildman–Crippen LogP) is 4.08. The first-order valence-corrected chi connectivity index (χ1v) is 5.60. The fourth-order valence-corrected chi connectivity index (χ4v) is 1.85. The van der Waals surface area contributed by atoms with Gasteiger partial charge in [-0.05, 0) is 49.9 Å². The van der Waals surface area contributed by atoms with Gasteiger partial charge in [-0.3, -0.25) is 0 Å². The van der Waals surface area contributed by atoms with Gasteiger partial charge in [-0.15, -0.1) is 0 Å². The van der Waals surface area contributed by atoms with Gasteiger partial charge in [0.15, 0.2) is 0 Å². The molecule has 2 aliphatic rings. The smallest absolute Gasteiger partial charge is 0.0962 e. The Kier molecular flexibility index (Phi) is 2.71. The van der Waals surface area contributed by atoms with Crippen LogP contribution in [0.2, 0.25) is 0 Å². The Morgan fingerprint density at radius 3 is 2.62 bits per heavy atom. The molecule has 0 radical (unpaired) electrons. The highest BCUT2D eigenvalue weighted by molar-refractivity contribution is 4.98. The largest absolute Gasteiger partial charge is 0.212 e. The summed E-state index contributed by atoms with van der Waals surface area (Å²) in [7, 11) is 0. The van der Waals surface area contributed by atoms with Crippen LogP contribution in [-0.4, -0.2) is 0 Å². The molecule has 0 heterocycles. The molecule has 2 aliphatic carbocycles. The molecule has 2 rings (SSSR count). The van der Waals surface area contributed by atoms with E-state index >= 15 is 0 Å². The van der Waals surface area contributed by atoms with E-state index < -0.39 is 0 Å². The van der Waals surface area contributed by atoms with Crippen molar-refractivity contribution in [3.63, 3.8) is 0 Å². The van der Waals surface area contributed by atoms with Gasteiger partial charge in [0, 0.05) is 6.42 Å². The highest BCUT2D eigenvalue weighted by atomic mass is 19.1. The standard InChI is InChI=1S/C12H19F/c1-9(11-5-6-11)2-7-12(13)8-10-3-4-10/h7,9-11H,2-6,8H2,1H3/b12-7+/t9-/m1/s1. The molecule has 0 aliphatic heterocycles. The van der Waals surface area contributed by atoms with E-state index in [0.717, 1.165) is 18.8 Å². The lowest BCUT2D eigenvalue weighted by atomic mass is 10.0. The quantitative estimate of drug-likeness (QED) is 0.601. The summed E-state index contributed by atoms with van der Waals surface area (Å²) < 4.78 is 13.2. The molecule has 0 amide bonds. The van der Waals surface area contributed by atoms with Crippen LogP contribution in [0.3, 0.4) is 0 Å². The van der Waals surface area contributed by atoms with Crippen molar-refractivity contribution in [2.45, 2.75) is 45.4 Å². The molecule has 13 heavy (non-hydrogen) atoms. The molecule has 2 fully saturated rings. The third-order valence-electron chi connectivity index (χ3n) is 3.32. The van der Waals surface area contributed by atoms with Crippen LogP contribution in [0.4, 0.5) is 4.39 Å². The monoisotopic (exact) mass is 182 g/mol. The van der Waals surface area contributed by atoms with Gasteiger partial charge in [-0.1, -0.05) is 13.0 Å². The molecule has 0 bridgehead atoms. The molecular weight excluding hydrogens is 163 g/mol. The number of hydrogen-bond acceptors (Lipinski definition) is 0. The zero-order valence-corrected chi connectivity index (χ0v) is 8.43. The first-order chi connectivity index (χ1) is 6.25. The maximum atomic E-state index is 13.2. The molecular formula is C12H19F. The van der Waals surface area contributed by atoms with E-state index in [0.29, 0.717) is 11.8 Å². The zero-order valence-electron chi connectivity index (χ0n) is 8.43. The van der Waals surface area contributed by atoms with Crippen LogP contribution in [0, 0.1) is 17.8 Å². The van der Waals surface area contributed by atoms with Crippen LogP contribution in [-0.2, 0) is 0 Å². The Balaban J connectivity index is 1.67. The predicted molar refractivity (Wildman–Crippen MR) is 53.0 cm³/mol. The van der Waals surface area contributed by atoms with E-state index in [-0.39, 0.29) is 5.83 Å². The van der Waals surface area contributed by atoms with Gasteiger partial charge in [0.2, 0.25) is 0 Å². The second-order valence-corrected chi connectivity index (χ2v) is 4.85. The lowest BCUT2D eigenvalue weighted by molar-refractivity contribution is 0.498. The Morgan fingerprint density at radius 1 is 1.38 bits per heavy atom. The van der Waals surface area contributed by atoms with Crippen LogP contribution in [0.15, 0.2) is 11.9 Å². The minimum atomic E-state index is 0.148. The third-order valence-corrected chi connectivity index (χ3v) is 3.32. The molecule has 74 valence electrons. The van der Waals surface area contributed by atoms with Crippen molar-refractivity contribution in [1.82, 2.24) is 0 Å². The fraction of sp³-hybridized carbons (Fsp3) is 0.833. The lowest BCUT2D eigenvalue weighted by Gasteiger charge is -2.05. The molecule has 0 nitrogen and oxygen atoms in total. The van der Waals surface area contributed by atoms with Crippen LogP contribution in [0.1, 0.15) is 45.4 Å². The summed E-state index contributed by atoms with van der Waals surface area (Å²) in [5.41, 5.74) is 0. The van der Waals surface area contributed by atoms with Gasteiger partial charge < -0.3 is 0 Å². The Hall–Kier alpha value is -0.330. The first kappa shape index (κ1) is 9.23. The topological polar surface area (TPSA) is 0 Å². The summed E-state index contributed by atoms with van der Waals surface area (Å²) in [6.45, 7) is 2.25. The van der Waals surface area contributed by atoms with E-state index in [4.69, 9.17) is 0 Å². The average Bonchev–Trinajstić information content (AvgIpc) is 2.90. The second kappa shape index (κ2) is 3.81. The van der Waals surface area contributed by atoms with Crippen molar-refractivity contribution in [2.24, 2.45) is 17.8 Å². The van der Waals surface area contributed by atoms with E-state index in [1.54, 1.807) is 0 Å². The van der Waals surface area contributed by atoms with E-state index in [1.807, 2.05) is 6.08 Å². The summed E-state index contributed by atoms with van der Waals surface area (Å²) >= 11 is 0. The summed E-state index contributed by atoms with van der Waals surface area (Å²) in [5, 5.41) is 0. The van der Waals surface area contributed by atoms with Gasteiger partial charge in [-0.25, -0.2) is 4.39 Å². The maximum absolute atomic E-state index is 13.2. The fourth-order valence-electron chi connectivity index (χ4n) is 1.85. The van der Waals surface area contributed by atoms with Crippen molar-refractivity contribution in [3.8, 4) is 0 Å². The first-order valence-electron chi connectivity index (χ1n) is 5.60. The van der Waals surface area contributed by atoms with Gasteiger partial charge in [0.1, 0.15) is 0 Å². The molecule has 1 heteroatoms. The summed E-state index contributed by atoms with van der Waals surface area (Å²) in [4.78, 5) is 0. The molecule has 2 saturated carbocycles. The van der Waals surface area contributed by atoms with Crippen molar-refractivity contribution < 1.29 is 4.39 Å². The third kappa shape index (κ3) is 3.13. The Bertz CT molecular complexity index is 199. The van der Waals surface area contributed by atoms with Gasteiger partial charge >= 0.3 is 0 Å². The zero-order chi connectivity index (χ0) is 9.26. The SMILES string of the molecule is C[C@H](C/C=C(/F)CC1CC1)C1CC1. The van der Waals surface area contributed by atoms with Crippen LogP contribution >= 0.6 is 0 Å². The summed E-state index contributed by atoms with van der Waals surface area (Å²) in [6.07, 6.45) is 8.76. The highest BCUT2D eigenvalue weighted by Crippen LogP contribution is 2.39. The summed E-state index contributed by atoms with van der Waals surface area (Å²) in [5.74, 6) is 2.46. The van der Waals surface area contributed by atoms with Crippen molar-refractivity contribution in [2.75, 3.05) is 0 Å².